The van der Waals surface area contributed by atoms with Crippen LogP contribution in [0.2, 0.25) is 0 Å². The van der Waals surface area contributed by atoms with Crippen LogP contribution in [0.15, 0.2) is 24.3 Å². The van der Waals surface area contributed by atoms with Gasteiger partial charge < -0.3 is 10.2 Å². The average molecular weight is 234 g/mol. The van der Waals surface area contributed by atoms with E-state index < -0.39 is 0 Å². The quantitative estimate of drug-likeness (QED) is 0.840. The Morgan fingerprint density at radius 2 is 1.82 bits per heavy atom. The van der Waals surface area contributed by atoms with Gasteiger partial charge in [0.15, 0.2) is 0 Å². The minimum absolute atomic E-state index is 0.163. The van der Waals surface area contributed by atoms with Crippen molar-refractivity contribution in [2.75, 3.05) is 18.5 Å². The largest absolute Gasteiger partial charge is 0.374 e. The first-order valence-electron chi connectivity index (χ1n) is 6.48. The maximum Gasteiger partial charge on any atom is 0.0409 e. The first-order valence-corrected chi connectivity index (χ1v) is 6.48. The maximum atomic E-state index is 3.55. The van der Waals surface area contributed by atoms with Crippen molar-refractivity contribution in [3.63, 3.8) is 0 Å². The molecule has 0 amide bonds. The van der Waals surface area contributed by atoms with Gasteiger partial charge in [-0.15, -0.1) is 0 Å². The van der Waals surface area contributed by atoms with Gasteiger partial charge in [0.1, 0.15) is 0 Å². The summed E-state index contributed by atoms with van der Waals surface area (Å²) in [5, 5.41) is 3.55. The van der Waals surface area contributed by atoms with Crippen molar-refractivity contribution in [3.8, 4) is 0 Å². The SMILES string of the molecule is CCCN(C)c1ccccc1CNC(C)(C)C. The number of para-hydroxylation sites is 1. The van der Waals surface area contributed by atoms with Crippen LogP contribution in [0.3, 0.4) is 0 Å². The second-order valence-electron chi connectivity index (χ2n) is 5.65. The van der Waals surface area contributed by atoms with E-state index in [0.717, 1.165) is 13.1 Å². The molecule has 1 rings (SSSR count). The summed E-state index contributed by atoms with van der Waals surface area (Å²) >= 11 is 0. The van der Waals surface area contributed by atoms with Gasteiger partial charge >= 0.3 is 0 Å². The van der Waals surface area contributed by atoms with E-state index in [4.69, 9.17) is 0 Å². The van der Waals surface area contributed by atoms with Gasteiger partial charge in [-0.05, 0) is 38.8 Å². The summed E-state index contributed by atoms with van der Waals surface area (Å²) < 4.78 is 0. The topological polar surface area (TPSA) is 15.3 Å². The molecule has 0 aliphatic carbocycles. The average Bonchev–Trinajstić information content (AvgIpc) is 2.26. The first kappa shape index (κ1) is 14.0. The van der Waals surface area contributed by atoms with Crippen molar-refractivity contribution in [3.05, 3.63) is 29.8 Å². The summed E-state index contributed by atoms with van der Waals surface area (Å²) in [7, 11) is 2.17. The van der Waals surface area contributed by atoms with Crippen LogP contribution in [-0.4, -0.2) is 19.1 Å². The van der Waals surface area contributed by atoms with Crippen molar-refractivity contribution in [2.45, 2.75) is 46.2 Å². The lowest BCUT2D eigenvalue weighted by molar-refractivity contribution is 0.424. The second kappa shape index (κ2) is 6.06. The van der Waals surface area contributed by atoms with E-state index in [1.165, 1.54) is 17.7 Å². The van der Waals surface area contributed by atoms with Crippen molar-refractivity contribution >= 4 is 5.69 Å². The van der Waals surface area contributed by atoms with Crippen molar-refractivity contribution in [2.24, 2.45) is 0 Å². The van der Waals surface area contributed by atoms with Crippen LogP contribution in [-0.2, 0) is 6.54 Å². The summed E-state index contributed by atoms with van der Waals surface area (Å²) in [6.45, 7) is 10.8. The van der Waals surface area contributed by atoms with Gasteiger partial charge in [0.05, 0.1) is 0 Å². The highest BCUT2D eigenvalue weighted by atomic mass is 15.1. The number of rotatable bonds is 5. The van der Waals surface area contributed by atoms with Crippen LogP contribution in [0, 0.1) is 0 Å². The minimum Gasteiger partial charge on any atom is -0.374 e. The lowest BCUT2D eigenvalue weighted by Gasteiger charge is -2.25. The lowest BCUT2D eigenvalue weighted by atomic mass is 10.1. The number of benzene rings is 1. The lowest BCUT2D eigenvalue weighted by Crippen LogP contribution is -2.35. The summed E-state index contributed by atoms with van der Waals surface area (Å²) in [5.41, 5.74) is 2.88. The van der Waals surface area contributed by atoms with Crippen LogP contribution < -0.4 is 10.2 Å². The molecule has 2 nitrogen and oxygen atoms in total. The van der Waals surface area contributed by atoms with Crippen LogP contribution in [0.1, 0.15) is 39.7 Å². The van der Waals surface area contributed by atoms with E-state index in [-0.39, 0.29) is 5.54 Å². The second-order valence-corrected chi connectivity index (χ2v) is 5.65. The Morgan fingerprint density at radius 1 is 1.18 bits per heavy atom. The molecule has 0 aliphatic rings. The molecular weight excluding hydrogens is 208 g/mol. The zero-order valence-corrected chi connectivity index (χ0v) is 11.9. The van der Waals surface area contributed by atoms with Gasteiger partial charge in [0.2, 0.25) is 0 Å². The molecule has 17 heavy (non-hydrogen) atoms. The molecular formula is C15H26N2. The monoisotopic (exact) mass is 234 g/mol. The molecule has 1 N–H and O–H groups in total. The molecule has 0 aliphatic heterocycles. The molecule has 0 atom stereocenters. The fraction of sp³-hybridized carbons (Fsp3) is 0.600. The predicted octanol–water partition coefficient (Wildman–Crippen LogP) is 3.42. The Hall–Kier alpha value is -1.02. The number of hydrogen-bond donors (Lipinski definition) is 1. The third-order valence-corrected chi connectivity index (χ3v) is 2.77. The summed E-state index contributed by atoms with van der Waals surface area (Å²) in [6.07, 6.45) is 1.18. The van der Waals surface area contributed by atoms with Gasteiger partial charge in [-0.3, -0.25) is 0 Å². The van der Waals surface area contributed by atoms with E-state index in [9.17, 15) is 0 Å². The van der Waals surface area contributed by atoms with Crippen LogP contribution >= 0.6 is 0 Å². The molecule has 0 fully saturated rings. The molecule has 0 heterocycles. The Balaban J connectivity index is 2.77. The Labute approximate surface area is 106 Å². The van der Waals surface area contributed by atoms with Crippen LogP contribution in [0.4, 0.5) is 5.69 Å². The minimum atomic E-state index is 0.163. The molecule has 0 saturated carbocycles. The zero-order chi connectivity index (χ0) is 12.9. The Morgan fingerprint density at radius 3 is 2.41 bits per heavy atom. The summed E-state index contributed by atoms with van der Waals surface area (Å²) in [5.74, 6) is 0. The normalized spacial score (nSPS) is 11.6. The number of anilines is 1. The van der Waals surface area contributed by atoms with E-state index in [1.54, 1.807) is 0 Å². The van der Waals surface area contributed by atoms with E-state index in [2.05, 4.69) is 69.2 Å². The highest BCUT2D eigenvalue weighted by Gasteiger charge is 2.11. The Bertz CT molecular complexity index is 339. The molecule has 2 heteroatoms. The van der Waals surface area contributed by atoms with Gasteiger partial charge in [-0.2, -0.15) is 0 Å². The molecule has 0 aromatic heterocycles. The smallest absolute Gasteiger partial charge is 0.0409 e. The number of nitrogens with zero attached hydrogens (tertiary/aromatic N) is 1. The van der Waals surface area contributed by atoms with Crippen molar-refractivity contribution in [1.29, 1.82) is 0 Å². The van der Waals surface area contributed by atoms with E-state index in [0.29, 0.717) is 0 Å². The summed E-state index contributed by atoms with van der Waals surface area (Å²) in [6, 6.07) is 8.64. The first-order chi connectivity index (χ1) is 7.94. The molecule has 1 aromatic rings. The maximum absolute atomic E-state index is 3.55. The third kappa shape index (κ3) is 4.78. The number of nitrogens with one attached hydrogen (secondary N) is 1. The molecule has 1 aromatic carbocycles. The van der Waals surface area contributed by atoms with Gasteiger partial charge in [0, 0.05) is 31.4 Å². The van der Waals surface area contributed by atoms with E-state index in [1.807, 2.05) is 0 Å². The molecule has 0 unspecified atom stereocenters. The van der Waals surface area contributed by atoms with Crippen LogP contribution in [0.25, 0.3) is 0 Å². The molecule has 96 valence electrons. The molecule has 0 spiro atoms. The fourth-order valence-corrected chi connectivity index (χ4v) is 1.85. The van der Waals surface area contributed by atoms with Crippen molar-refractivity contribution in [1.82, 2.24) is 5.32 Å². The number of hydrogen-bond acceptors (Lipinski definition) is 2. The molecule has 0 radical (unpaired) electrons. The van der Waals surface area contributed by atoms with E-state index >= 15 is 0 Å². The highest BCUT2D eigenvalue weighted by Crippen LogP contribution is 2.19. The predicted molar refractivity (Wildman–Crippen MR) is 76.6 cm³/mol. The van der Waals surface area contributed by atoms with Crippen molar-refractivity contribution < 1.29 is 0 Å². The highest BCUT2D eigenvalue weighted by molar-refractivity contribution is 5.53. The summed E-state index contributed by atoms with van der Waals surface area (Å²) in [4.78, 5) is 2.33. The standard InChI is InChI=1S/C15H26N2/c1-6-11-17(5)14-10-8-7-9-13(14)12-16-15(2,3)4/h7-10,16H,6,11-12H2,1-5H3. The Kier molecular flexibility index (Phi) is 5.01. The van der Waals surface area contributed by atoms with Gasteiger partial charge in [-0.25, -0.2) is 0 Å². The zero-order valence-electron chi connectivity index (χ0n) is 11.9. The molecule has 0 bridgehead atoms. The third-order valence-electron chi connectivity index (χ3n) is 2.77. The van der Waals surface area contributed by atoms with Crippen LogP contribution in [0.5, 0.6) is 0 Å². The van der Waals surface area contributed by atoms with Gasteiger partial charge in [0.25, 0.3) is 0 Å². The fourth-order valence-electron chi connectivity index (χ4n) is 1.85. The molecule has 0 saturated heterocycles. The van der Waals surface area contributed by atoms with Gasteiger partial charge in [-0.1, -0.05) is 25.1 Å².